The number of fused-ring (bicyclic) bond motifs is 7. The molecule has 0 spiro atoms. The number of rotatable bonds is 4. The summed E-state index contributed by atoms with van der Waals surface area (Å²) in [6.45, 7) is 9.09. The Balaban J connectivity index is 1.26. The van der Waals surface area contributed by atoms with E-state index < -0.39 is 0 Å². The van der Waals surface area contributed by atoms with Crippen LogP contribution in [0.15, 0.2) is 170 Å². The molecule has 3 heteroatoms. The number of aryl methyl sites for hydroxylation is 1. The van der Waals surface area contributed by atoms with E-state index in [1.54, 1.807) is 0 Å². The average Bonchev–Trinajstić information content (AvgIpc) is 3.56. The monoisotopic (exact) mass is 717 g/mol. The molecule has 1 aromatic heterocycles. The maximum absolute atomic E-state index is 6.88. The Morgan fingerprint density at radius 3 is 1.71 bits per heavy atom. The zero-order valence-corrected chi connectivity index (χ0v) is 32.1. The quantitative estimate of drug-likeness (QED) is 0.165. The van der Waals surface area contributed by atoms with Gasteiger partial charge in [-0.05, 0) is 121 Å². The van der Waals surface area contributed by atoms with Crippen molar-refractivity contribution in [2.24, 2.45) is 0 Å². The molecule has 2 aliphatic heterocycles. The second-order valence-corrected chi connectivity index (χ2v) is 16.6. The lowest BCUT2D eigenvalue weighted by Crippen LogP contribution is -2.58. The van der Waals surface area contributed by atoms with Gasteiger partial charge in [-0.1, -0.05) is 154 Å². The van der Waals surface area contributed by atoms with Gasteiger partial charge in [-0.25, -0.2) is 0 Å². The van der Waals surface area contributed by atoms with Crippen LogP contribution in [0.3, 0.4) is 0 Å². The Morgan fingerprint density at radius 1 is 0.482 bits per heavy atom. The first kappa shape index (κ1) is 32.8. The minimum Gasteiger partial charge on any atom is -0.458 e. The van der Waals surface area contributed by atoms with Crippen LogP contribution in [0, 0.1) is 6.92 Å². The Labute approximate surface area is 328 Å². The lowest BCUT2D eigenvalue weighted by molar-refractivity contribution is 0.485. The van der Waals surface area contributed by atoms with Crippen LogP contribution in [0.2, 0.25) is 0 Å². The molecule has 11 rings (SSSR count). The average molecular weight is 718 g/mol. The van der Waals surface area contributed by atoms with Crippen LogP contribution in [0.1, 0.15) is 31.9 Å². The number of benzene rings is 8. The highest BCUT2D eigenvalue weighted by Gasteiger charge is 2.41. The second-order valence-electron chi connectivity index (χ2n) is 16.6. The molecule has 8 aromatic carbocycles. The maximum atomic E-state index is 6.88. The predicted octanol–water partition coefficient (Wildman–Crippen LogP) is 12.0. The molecule has 0 bridgehead atoms. The third-order valence-electron chi connectivity index (χ3n) is 12.0. The van der Waals surface area contributed by atoms with Crippen molar-refractivity contribution in [2.45, 2.75) is 33.1 Å². The van der Waals surface area contributed by atoms with Gasteiger partial charge in [0, 0.05) is 22.0 Å². The number of hydrogen-bond acceptors (Lipinski definition) is 1. The van der Waals surface area contributed by atoms with Crippen molar-refractivity contribution in [1.82, 2.24) is 4.57 Å². The molecule has 266 valence electrons. The van der Waals surface area contributed by atoms with Crippen LogP contribution < -0.4 is 21.1 Å². The van der Waals surface area contributed by atoms with Crippen molar-refractivity contribution in [3.63, 3.8) is 0 Å². The van der Waals surface area contributed by atoms with Crippen molar-refractivity contribution in [1.29, 1.82) is 0 Å². The van der Waals surface area contributed by atoms with Gasteiger partial charge in [-0.3, -0.25) is 0 Å². The fourth-order valence-electron chi connectivity index (χ4n) is 9.42. The van der Waals surface area contributed by atoms with E-state index in [4.69, 9.17) is 4.74 Å². The molecule has 3 heterocycles. The van der Waals surface area contributed by atoms with Crippen molar-refractivity contribution in [3.8, 4) is 61.7 Å². The van der Waals surface area contributed by atoms with E-state index in [1.807, 2.05) is 0 Å². The minimum atomic E-state index is -0.00673. The summed E-state index contributed by atoms with van der Waals surface area (Å²) in [5.41, 5.74) is 19.8. The highest BCUT2D eigenvalue weighted by molar-refractivity contribution is 6.99. The SMILES string of the molecule is Cc1cc2c3c(c1)-n1c4ccc(-c5ccccc5-c5ccccc5)cc4c4cc(-c5ccccc5-c5ccccc5)cc(c41)B3c1cc(C(C)(C)C)ccc1O2. The fraction of sp³-hybridized carbons (Fsp3) is 0.0943. The largest absolute Gasteiger partial charge is 0.458 e. The summed E-state index contributed by atoms with van der Waals surface area (Å²) in [6, 6.07) is 62.7. The summed E-state index contributed by atoms with van der Waals surface area (Å²) in [5.74, 6) is 1.89. The Bertz CT molecular complexity index is 3040. The van der Waals surface area contributed by atoms with Crippen LogP contribution >= 0.6 is 0 Å². The molecule has 0 N–H and O–H groups in total. The molecule has 2 aliphatic rings. The van der Waals surface area contributed by atoms with Crippen LogP contribution in [0.4, 0.5) is 0 Å². The molecule has 9 aromatic rings. The van der Waals surface area contributed by atoms with Gasteiger partial charge in [0.25, 0.3) is 6.71 Å². The molecule has 0 atom stereocenters. The van der Waals surface area contributed by atoms with Crippen molar-refractivity contribution in [3.05, 3.63) is 181 Å². The number of nitrogens with zero attached hydrogens (tertiary/aromatic N) is 1. The molecule has 0 aliphatic carbocycles. The highest BCUT2D eigenvalue weighted by atomic mass is 16.5. The van der Waals surface area contributed by atoms with E-state index in [1.165, 1.54) is 99.5 Å². The Morgan fingerprint density at radius 2 is 1.07 bits per heavy atom. The first-order valence-corrected chi connectivity index (χ1v) is 19.7. The van der Waals surface area contributed by atoms with Crippen molar-refractivity contribution >= 4 is 44.9 Å². The minimum absolute atomic E-state index is 0.00673. The molecule has 2 nitrogen and oxygen atoms in total. The Kier molecular flexibility index (Phi) is 7.16. The zero-order chi connectivity index (χ0) is 37.7. The van der Waals surface area contributed by atoms with Crippen molar-refractivity contribution < 1.29 is 4.74 Å². The topological polar surface area (TPSA) is 14.2 Å². The maximum Gasteiger partial charge on any atom is 0.256 e. The van der Waals surface area contributed by atoms with E-state index in [0.717, 1.165) is 11.5 Å². The molecule has 0 radical (unpaired) electrons. The van der Waals surface area contributed by atoms with Gasteiger partial charge in [0.05, 0.1) is 5.52 Å². The van der Waals surface area contributed by atoms with Crippen LogP contribution in [-0.2, 0) is 5.41 Å². The van der Waals surface area contributed by atoms with E-state index in [0.29, 0.717) is 0 Å². The number of ether oxygens (including phenoxy) is 1. The van der Waals surface area contributed by atoms with Gasteiger partial charge in [-0.15, -0.1) is 0 Å². The van der Waals surface area contributed by atoms with Gasteiger partial charge in [-0.2, -0.15) is 0 Å². The third-order valence-corrected chi connectivity index (χ3v) is 12.0. The normalized spacial score (nSPS) is 12.8. The van der Waals surface area contributed by atoms with Gasteiger partial charge in [0.15, 0.2) is 0 Å². The van der Waals surface area contributed by atoms with E-state index in [2.05, 4.69) is 202 Å². The smallest absolute Gasteiger partial charge is 0.256 e. The molecule has 0 saturated carbocycles. The van der Waals surface area contributed by atoms with Gasteiger partial charge < -0.3 is 9.30 Å². The lowest BCUT2D eigenvalue weighted by Gasteiger charge is -2.35. The summed E-state index contributed by atoms with van der Waals surface area (Å²) in [7, 11) is 0. The summed E-state index contributed by atoms with van der Waals surface area (Å²) >= 11 is 0. The van der Waals surface area contributed by atoms with Crippen LogP contribution in [0.5, 0.6) is 11.5 Å². The van der Waals surface area contributed by atoms with Crippen molar-refractivity contribution in [2.75, 3.05) is 0 Å². The number of hydrogen-bond donors (Lipinski definition) is 0. The summed E-state index contributed by atoms with van der Waals surface area (Å²) in [6.07, 6.45) is 0. The summed E-state index contributed by atoms with van der Waals surface area (Å²) in [5, 5.41) is 2.52. The predicted molar refractivity (Wildman–Crippen MR) is 237 cm³/mol. The van der Waals surface area contributed by atoms with Gasteiger partial charge >= 0.3 is 0 Å². The third kappa shape index (κ3) is 4.97. The zero-order valence-electron chi connectivity index (χ0n) is 32.1. The molecule has 0 amide bonds. The molecule has 0 saturated heterocycles. The molecule has 0 unspecified atom stereocenters. The summed E-state index contributed by atoms with van der Waals surface area (Å²) < 4.78 is 9.41. The molecule has 0 fully saturated rings. The second kappa shape index (κ2) is 12.2. The first-order valence-electron chi connectivity index (χ1n) is 19.7. The standard InChI is InChI=1S/C53H40BNO/c1-33-27-48-51-50(28-33)56-49-26-24-38(53(2,3)4)32-45(49)54(51)46-31-37(42-22-14-12-20-40(42)35-17-9-6-10-18-35)30-44-43-29-36(23-25-47(43)55(48)52(44)46)41-21-13-11-19-39(41)34-15-7-5-8-16-34/h5-32H,1-4H3. The van der Waals surface area contributed by atoms with E-state index in [9.17, 15) is 0 Å². The van der Waals surface area contributed by atoms with Gasteiger partial charge in [0.1, 0.15) is 11.5 Å². The fourth-order valence-corrected chi connectivity index (χ4v) is 9.42. The van der Waals surface area contributed by atoms with E-state index >= 15 is 0 Å². The van der Waals surface area contributed by atoms with Crippen LogP contribution in [-0.4, -0.2) is 11.3 Å². The number of aromatic nitrogens is 1. The van der Waals surface area contributed by atoms with Gasteiger partial charge in [0.2, 0.25) is 0 Å². The molecule has 56 heavy (non-hydrogen) atoms. The highest BCUT2D eigenvalue weighted by Crippen LogP contribution is 2.43. The van der Waals surface area contributed by atoms with Crippen LogP contribution in [0.25, 0.3) is 72.0 Å². The lowest BCUT2D eigenvalue weighted by atomic mass is 9.34. The molecular formula is C53H40BNO. The summed E-state index contributed by atoms with van der Waals surface area (Å²) in [4.78, 5) is 0. The first-order chi connectivity index (χ1) is 27.3. The van der Waals surface area contributed by atoms with E-state index in [-0.39, 0.29) is 12.1 Å². The molecular weight excluding hydrogens is 677 g/mol. The Hall–Kier alpha value is -6.58.